The summed E-state index contributed by atoms with van der Waals surface area (Å²) in [6.45, 7) is 8.00. The van der Waals surface area contributed by atoms with Crippen LogP contribution in [0, 0.1) is 5.92 Å². The summed E-state index contributed by atoms with van der Waals surface area (Å²) in [5.41, 5.74) is 0.418. The van der Waals surface area contributed by atoms with E-state index in [0.29, 0.717) is 37.2 Å². The molecule has 1 fully saturated rings. The van der Waals surface area contributed by atoms with E-state index in [0.717, 1.165) is 4.47 Å². The standard InChI is InChI=1S/C19H25BrN2O4/c1-5-16(23)14-7-6-13(20)10-15(14)21-17(24)12-8-9-22(11-12)18(25)26-19(2,3)4/h6-7,10,12H,5,8-9,11H2,1-4H3,(H,21,24). The Bertz CT molecular complexity index is 712. The molecule has 7 heteroatoms. The van der Waals surface area contributed by atoms with Crippen LogP contribution in [0.4, 0.5) is 10.5 Å². The van der Waals surface area contributed by atoms with Gasteiger partial charge < -0.3 is 15.0 Å². The Labute approximate surface area is 162 Å². The third-order valence-corrected chi connectivity index (χ3v) is 4.56. The van der Waals surface area contributed by atoms with Crippen molar-refractivity contribution in [3.05, 3.63) is 28.2 Å². The lowest BCUT2D eigenvalue weighted by molar-refractivity contribution is -0.119. The number of carbonyl (C=O) groups is 3. The number of hydrogen-bond acceptors (Lipinski definition) is 4. The second kappa shape index (κ2) is 8.20. The summed E-state index contributed by atoms with van der Waals surface area (Å²) in [7, 11) is 0. The Kier molecular flexibility index (Phi) is 6.44. The van der Waals surface area contributed by atoms with Crippen molar-refractivity contribution in [3.63, 3.8) is 0 Å². The highest BCUT2D eigenvalue weighted by atomic mass is 79.9. The number of benzene rings is 1. The highest BCUT2D eigenvalue weighted by Crippen LogP contribution is 2.25. The van der Waals surface area contributed by atoms with Gasteiger partial charge in [0, 0.05) is 29.5 Å². The molecule has 1 aliphatic heterocycles. The molecule has 0 radical (unpaired) electrons. The zero-order chi connectivity index (χ0) is 19.5. The Morgan fingerprint density at radius 3 is 2.62 bits per heavy atom. The first-order valence-corrected chi connectivity index (χ1v) is 9.51. The van der Waals surface area contributed by atoms with Gasteiger partial charge in [-0.2, -0.15) is 0 Å². The molecule has 0 spiro atoms. The average Bonchev–Trinajstić information content (AvgIpc) is 3.03. The largest absolute Gasteiger partial charge is 0.444 e. The second-order valence-corrected chi connectivity index (χ2v) is 8.28. The smallest absolute Gasteiger partial charge is 0.410 e. The van der Waals surface area contributed by atoms with Crippen molar-refractivity contribution in [2.75, 3.05) is 18.4 Å². The van der Waals surface area contributed by atoms with Crippen molar-refractivity contribution in [1.82, 2.24) is 4.90 Å². The minimum absolute atomic E-state index is 0.0328. The van der Waals surface area contributed by atoms with Gasteiger partial charge in [0.15, 0.2) is 5.78 Å². The zero-order valence-electron chi connectivity index (χ0n) is 15.6. The van der Waals surface area contributed by atoms with Crippen molar-refractivity contribution < 1.29 is 19.1 Å². The van der Waals surface area contributed by atoms with Crippen molar-refractivity contribution in [1.29, 1.82) is 0 Å². The van der Waals surface area contributed by atoms with Gasteiger partial charge in [-0.15, -0.1) is 0 Å². The molecule has 1 unspecified atom stereocenters. The SMILES string of the molecule is CCC(=O)c1ccc(Br)cc1NC(=O)C1CCN(C(=O)OC(C)(C)C)C1. The van der Waals surface area contributed by atoms with Gasteiger partial charge in [-0.1, -0.05) is 22.9 Å². The van der Waals surface area contributed by atoms with Crippen LogP contribution >= 0.6 is 15.9 Å². The van der Waals surface area contributed by atoms with Gasteiger partial charge >= 0.3 is 6.09 Å². The normalized spacial score (nSPS) is 17.1. The number of rotatable bonds is 4. The summed E-state index contributed by atoms with van der Waals surface area (Å²) in [5.74, 6) is -0.556. The van der Waals surface area contributed by atoms with Gasteiger partial charge in [-0.25, -0.2) is 4.79 Å². The molecule has 1 aromatic carbocycles. The van der Waals surface area contributed by atoms with Crippen LogP contribution in [0.5, 0.6) is 0 Å². The molecule has 1 saturated heterocycles. The molecule has 142 valence electrons. The number of nitrogens with one attached hydrogen (secondary N) is 1. The molecule has 2 rings (SSSR count). The third-order valence-electron chi connectivity index (χ3n) is 4.07. The molecule has 0 aliphatic carbocycles. The summed E-state index contributed by atoms with van der Waals surface area (Å²) in [6.07, 6.45) is 0.522. The van der Waals surface area contributed by atoms with Gasteiger partial charge in [0.1, 0.15) is 5.60 Å². The van der Waals surface area contributed by atoms with Gasteiger partial charge in [0.05, 0.1) is 11.6 Å². The molecule has 1 atom stereocenters. The molecule has 1 heterocycles. The van der Waals surface area contributed by atoms with Crippen molar-refractivity contribution in [3.8, 4) is 0 Å². The number of Topliss-reactive ketones (excluding diaryl/α,β-unsaturated/α-hetero) is 1. The molecule has 6 nitrogen and oxygen atoms in total. The van der Waals surface area contributed by atoms with Gasteiger partial charge in [-0.05, 0) is 45.4 Å². The molecule has 2 amide bonds. The summed E-state index contributed by atoms with van der Waals surface area (Å²) in [6, 6.07) is 5.20. The Morgan fingerprint density at radius 1 is 1.31 bits per heavy atom. The first-order chi connectivity index (χ1) is 12.1. The Morgan fingerprint density at radius 2 is 2.00 bits per heavy atom. The first-order valence-electron chi connectivity index (χ1n) is 8.72. The number of amides is 2. The Balaban J connectivity index is 2.04. The van der Waals surface area contributed by atoms with Gasteiger partial charge in [-0.3, -0.25) is 9.59 Å². The molecule has 26 heavy (non-hydrogen) atoms. The van der Waals surface area contributed by atoms with Crippen LogP contribution in [0.1, 0.15) is 50.9 Å². The van der Waals surface area contributed by atoms with E-state index >= 15 is 0 Å². The number of likely N-dealkylation sites (tertiary alicyclic amines) is 1. The number of ether oxygens (including phenoxy) is 1. The van der Waals surface area contributed by atoms with Crippen LogP contribution in [0.3, 0.4) is 0 Å². The number of anilines is 1. The maximum Gasteiger partial charge on any atom is 0.410 e. The lowest BCUT2D eigenvalue weighted by Gasteiger charge is -2.24. The van der Waals surface area contributed by atoms with Gasteiger partial charge in [0.2, 0.25) is 5.91 Å². The van der Waals surface area contributed by atoms with E-state index in [4.69, 9.17) is 4.74 Å². The lowest BCUT2D eigenvalue weighted by Crippen LogP contribution is -2.36. The van der Waals surface area contributed by atoms with Crippen LogP contribution in [0.25, 0.3) is 0 Å². The number of ketones is 1. The number of carbonyl (C=O) groups excluding carboxylic acids is 3. The molecule has 1 aromatic rings. The highest BCUT2D eigenvalue weighted by molar-refractivity contribution is 9.10. The topological polar surface area (TPSA) is 75.7 Å². The molecule has 1 N–H and O–H groups in total. The van der Waals surface area contributed by atoms with Crippen molar-refractivity contribution in [2.24, 2.45) is 5.92 Å². The number of hydrogen-bond donors (Lipinski definition) is 1. The summed E-state index contributed by atoms with van der Waals surface area (Å²) >= 11 is 3.37. The summed E-state index contributed by atoms with van der Waals surface area (Å²) in [5, 5.41) is 2.85. The van der Waals surface area contributed by atoms with E-state index in [1.807, 2.05) is 20.8 Å². The fraction of sp³-hybridized carbons (Fsp3) is 0.526. The zero-order valence-corrected chi connectivity index (χ0v) is 17.2. The summed E-state index contributed by atoms with van der Waals surface area (Å²) < 4.78 is 6.13. The number of nitrogens with zero attached hydrogens (tertiary/aromatic N) is 1. The predicted octanol–water partition coefficient (Wildman–Crippen LogP) is 4.24. The predicted molar refractivity (Wildman–Crippen MR) is 103 cm³/mol. The van der Waals surface area contributed by atoms with Crippen LogP contribution in [-0.2, 0) is 9.53 Å². The fourth-order valence-electron chi connectivity index (χ4n) is 2.75. The maximum absolute atomic E-state index is 12.6. The quantitative estimate of drug-likeness (QED) is 0.733. The van der Waals surface area contributed by atoms with Crippen molar-refractivity contribution in [2.45, 2.75) is 46.1 Å². The van der Waals surface area contributed by atoms with E-state index in [9.17, 15) is 14.4 Å². The highest BCUT2D eigenvalue weighted by Gasteiger charge is 2.33. The minimum Gasteiger partial charge on any atom is -0.444 e. The van der Waals surface area contributed by atoms with E-state index in [-0.39, 0.29) is 17.6 Å². The molecular formula is C19H25BrN2O4. The minimum atomic E-state index is -0.566. The van der Waals surface area contributed by atoms with Crippen LogP contribution in [-0.4, -0.2) is 41.4 Å². The maximum atomic E-state index is 12.6. The molecule has 0 saturated carbocycles. The van der Waals surface area contributed by atoms with Crippen LogP contribution in [0.15, 0.2) is 22.7 Å². The fourth-order valence-corrected chi connectivity index (χ4v) is 3.12. The molecule has 0 bridgehead atoms. The third kappa shape index (κ3) is 5.30. The van der Waals surface area contributed by atoms with E-state index in [1.165, 1.54) is 0 Å². The van der Waals surface area contributed by atoms with Crippen molar-refractivity contribution >= 4 is 39.4 Å². The van der Waals surface area contributed by atoms with Crippen LogP contribution in [0.2, 0.25) is 0 Å². The second-order valence-electron chi connectivity index (χ2n) is 7.37. The average molecular weight is 425 g/mol. The lowest BCUT2D eigenvalue weighted by atomic mass is 10.0. The van der Waals surface area contributed by atoms with Crippen LogP contribution < -0.4 is 5.32 Å². The van der Waals surface area contributed by atoms with E-state index < -0.39 is 11.7 Å². The Hall–Kier alpha value is -1.89. The molecule has 0 aromatic heterocycles. The monoisotopic (exact) mass is 424 g/mol. The van der Waals surface area contributed by atoms with E-state index in [1.54, 1.807) is 30.0 Å². The first kappa shape index (κ1) is 20.4. The van der Waals surface area contributed by atoms with E-state index in [2.05, 4.69) is 21.2 Å². The van der Waals surface area contributed by atoms with Gasteiger partial charge in [0.25, 0.3) is 0 Å². The molecular weight excluding hydrogens is 400 g/mol. The molecule has 1 aliphatic rings. The summed E-state index contributed by atoms with van der Waals surface area (Å²) in [4.78, 5) is 38.4. The number of halogens is 1.